The summed E-state index contributed by atoms with van der Waals surface area (Å²) in [6.07, 6.45) is 3.74. The minimum atomic E-state index is 0.270. The standard InChI is InChI=1S/C28H40N2O2/c1-7-28(31)30(19-24-15-20(2)14-21(3)16-24)25-8-11-29(12-9-25)13-10-27-22(4)17-26(32-6)18-23(27)5/h14-18,25H,7-13,19H2,1-6H3. The van der Waals surface area contributed by atoms with Crippen LogP contribution < -0.4 is 4.74 Å². The van der Waals surface area contributed by atoms with E-state index < -0.39 is 0 Å². The van der Waals surface area contributed by atoms with E-state index in [2.05, 4.69) is 67.8 Å². The van der Waals surface area contributed by atoms with Crippen LogP contribution in [0.1, 0.15) is 59.6 Å². The van der Waals surface area contributed by atoms with Crippen LogP contribution in [-0.2, 0) is 17.8 Å². The highest BCUT2D eigenvalue weighted by molar-refractivity contribution is 5.76. The average molecular weight is 437 g/mol. The van der Waals surface area contributed by atoms with Crippen molar-refractivity contribution in [2.75, 3.05) is 26.7 Å². The Balaban J connectivity index is 1.59. The molecule has 3 rings (SSSR count). The Labute approximate surface area is 194 Å². The summed E-state index contributed by atoms with van der Waals surface area (Å²) in [7, 11) is 1.73. The zero-order valence-electron chi connectivity index (χ0n) is 20.8. The number of ether oxygens (including phenoxy) is 1. The molecular weight excluding hydrogens is 396 g/mol. The molecule has 1 fully saturated rings. The summed E-state index contributed by atoms with van der Waals surface area (Å²) < 4.78 is 5.40. The minimum absolute atomic E-state index is 0.270. The molecule has 0 aromatic heterocycles. The van der Waals surface area contributed by atoms with Crippen LogP contribution in [-0.4, -0.2) is 48.5 Å². The first kappa shape index (κ1) is 24.3. The predicted molar refractivity (Wildman–Crippen MR) is 132 cm³/mol. The van der Waals surface area contributed by atoms with Crippen molar-refractivity contribution in [3.05, 3.63) is 63.7 Å². The maximum atomic E-state index is 12.8. The van der Waals surface area contributed by atoms with Crippen LogP contribution >= 0.6 is 0 Å². The van der Waals surface area contributed by atoms with Crippen LogP contribution in [0.4, 0.5) is 0 Å². The summed E-state index contributed by atoms with van der Waals surface area (Å²) in [4.78, 5) is 17.5. The van der Waals surface area contributed by atoms with Gasteiger partial charge in [-0.05, 0) is 81.3 Å². The molecule has 1 heterocycles. The lowest BCUT2D eigenvalue weighted by atomic mass is 9.97. The fourth-order valence-electron chi connectivity index (χ4n) is 5.17. The van der Waals surface area contributed by atoms with Crippen LogP contribution in [0.15, 0.2) is 30.3 Å². The van der Waals surface area contributed by atoms with Gasteiger partial charge in [0.25, 0.3) is 0 Å². The lowest BCUT2D eigenvalue weighted by Gasteiger charge is -2.39. The van der Waals surface area contributed by atoms with Crippen molar-refractivity contribution in [2.24, 2.45) is 0 Å². The van der Waals surface area contributed by atoms with Gasteiger partial charge in [0.2, 0.25) is 5.91 Å². The van der Waals surface area contributed by atoms with Gasteiger partial charge in [-0.2, -0.15) is 0 Å². The van der Waals surface area contributed by atoms with Crippen LogP contribution in [0, 0.1) is 27.7 Å². The van der Waals surface area contributed by atoms with Crippen molar-refractivity contribution in [2.45, 2.75) is 72.9 Å². The smallest absolute Gasteiger partial charge is 0.222 e. The van der Waals surface area contributed by atoms with Gasteiger partial charge in [0.05, 0.1) is 7.11 Å². The molecule has 2 aromatic carbocycles. The Morgan fingerprint density at radius 1 is 1.00 bits per heavy atom. The van der Waals surface area contributed by atoms with Crippen molar-refractivity contribution in [1.29, 1.82) is 0 Å². The number of carbonyl (C=O) groups is 1. The number of methoxy groups -OCH3 is 1. The number of hydrogen-bond acceptors (Lipinski definition) is 3. The van der Waals surface area contributed by atoms with Gasteiger partial charge in [-0.3, -0.25) is 4.79 Å². The normalized spacial score (nSPS) is 15.1. The molecule has 0 spiro atoms. The Morgan fingerprint density at radius 3 is 2.12 bits per heavy atom. The van der Waals surface area contributed by atoms with Gasteiger partial charge < -0.3 is 14.5 Å². The number of likely N-dealkylation sites (tertiary alicyclic amines) is 1. The zero-order chi connectivity index (χ0) is 23.3. The molecule has 0 N–H and O–H groups in total. The van der Waals surface area contributed by atoms with E-state index in [-0.39, 0.29) is 5.91 Å². The number of piperidine rings is 1. The molecule has 1 aliphatic rings. The summed E-state index contributed by atoms with van der Waals surface area (Å²) in [5.74, 6) is 1.21. The zero-order valence-corrected chi connectivity index (χ0v) is 20.8. The minimum Gasteiger partial charge on any atom is -0.497 e. The molecule has 0 atom stereocenters. The second-order valence-corrected chi connectivity index (χ2v) is 9.43. The highest BCUT2D eigenvalue weighted by Crippen LogP contribution is 2.24. The Morgan fingerprint density at radius 2 is 1.59 bits per heavy atom. The number of aryl methyl sites for hydroxylation is 4. The maximum Gasteiger partial charge on any atom is 0.222 e. The van der Waals surface area contributed by atoms with E-state index in [1.807, 2.05) is 6.92 Å². The van der Waals surface area contributed by atoms with Crippen LogP contribution in [0.3, 0.4) is 0 Å². The highest BCUT2D eigenvalue weighted by Gasteiger charge is 2.27. The van der Waals surface area contributed by atoms with Crippen molar-refractivity contribution >= 4 is 5.91 Å². The largest absolute Gasteiger partial charge is 0.497 e. The van der Waals surface area contributed by atoms with Gasteiger partial charge in [-0.15, -0.1) is 0 Å². The molecule has 0 unspecified atom stereocenters. The quantitative estimate of drug-likeness (QED) is 0.557. The summed E-state index contributed by atoms with van der Waals surface area (Å²) in [6, 6.07) is 11.2. The van der Waals surface area contributed by atoms with Gasteiger partial charge >= 0.3 is 0 Å². The third-order valence-electron chi connectivity index (χ3n) is 6.84. The fraction of sp³-hybridized carbons (Fsp3) is 0.536. The molecule has 1 saturated heterocycles. The first-order valence-corrected chi connectivity index (χ1v) is 12.0. The number of benzene rings is 2. The van der Waals surface area contributed by atoms with Gasteiger partial charge in [-0.25, -0.2) is 0 Å². The average Bonchev–Trinajstić information content (AvgIpc) is 2.76. The van der Waals surface area contributed by atoms with Crippen molar-refractivity contribution in [1.82, 2.24) is 9.80 Å². The number of hydrogen-bond donors (Lipinski definition) is 0. The molecule has 2 aromatic rings. The van der Waals surface area contributed by atoms with Gasteiger partial charge in [-0.1, -0.05) is 36.2 Å². The van der Waals surface area contributed by atoms with E-state index in [4.69, 9.17) is 4.74 Å². The topological polar surface area (TPSA) is 32.8 Å². The van der Waals surface area contributed by atoms with Gasteiger partial charge in [0.15, 0.2) is 0 Å². The molecule has 32 heavy (non-hydrogen) atoms. The van der Waals surface area contributed by atoms with Crippen molar-refractivity contribution in [3.8, 4) is 5.75 Å². The summed E-state index contributed by atoms with van der Waals surface area (Å²) in [5, 5.41) is 0. The van der Waals surface area contributed by atoms with E-state index >= 15 is 0 Å². The molecule has 4 nitrogen and oxygen atoms in total. The fourth-order valence-corrected chi connectivity index (χ4v) is 5.17. The molecule has 0 saturated carbocycles. The van der Waals surface area contributed by atoms with Crippen molar-refractivity contribution in [3.63, 3.8) is 0 Å². The molecule has 4 heteroatoms. The van der Waals surface area contributed by atoms with E-state index in [1.165, 1.54) is 33.4 Å². The molecule has 1 aliphatic heterocycles. The number of nitrogens with zero attached hydrogens (tertiary/aromatic N) is 2. The summed E-state index contributed by atoms with van der Waals surface area (Å²) in [6.45, 7) is 14.5. The van der Waals surface area contributed by atoms with Crippen LogP contribution in [0.5, 0.6) is 5.75 Å². The first-order chi connectivity index (χ1) is 15.3. The second kappa shape index (κ2) is 11.0. The lowest BCUT2D eigenvalue weighted by Crippen LogP contribution is -2.47. The number of carbonyl (C=O) groups excluding carboxylic acids is 1. The predicted octanol–water partition coefficient (Wildman–Crippen LogP) is 5.37. The molecule has 0 aliphatic carbocycles. The SMILES string of the molecule is CCC(=O)N(Cc1cc(C)cc(C)c1)C1CCN(CCc2c(C)cc(OC)cc2C)CC1. The Hall–Kier alpha value is -2.33. The molecular formula is C28H40N2O2. The van der Waals surface area contributed by atoms with Crippen molar-refractivity contribution < 1.29 is 9.53 Å². The lowest BCUT2D eigenvalue weighted by molar-refractivity contribution is -0.135. The Kier molecular flexibility index (Phi) is 8.36. The Bertz CT molecular complexity index is 886. The number of rotatable bonds is 8. The maximum absolute atomic E-state index is 12.8. The molecule has 0 bridgehead atoms. The van der Waals surface area contributed by atoms with Crippen LogP contribution in [0.25, 0.3) is 0 Å². The van der Waals surface area contributed by atoms with E-state index in [0.717, 1.165) is 51.2 Å². The summed E-state index contributed by atoms with van der Waals surface area (Å²) in [5.41, 5.74) is 7.84. The monoisotopic (exact) mass is 436 g/mol. The second-order valence-electron chi connectivity index (χ2n) is 9.43. The number of amides is 1. The molecule has 1 amide bonds. The third-order valence-corrected chi connectivity index (χ3v) is 6.84. The van der Waals surface area contributed by atoms with E-state index in [0.29, 0.717) is 12.5 Å². The molecule has 174 valence electrons. The van der Waals surface area contributed by atoms with Gasteiger partial charge in [0.1, 0.15) is 5.75 Å². The highest BCUT2D eigenvalue weighted by atomic mass is 16.5. The van der Waals surface area contributed by atoms with Crippen LogP contribution in [0.2, 0.25) is 0 Å². The molecule has 0 radical (unpaired) electrons. The first-order valence-electron chi connectivity index (χ1n) is 12.0. The third kappa shape index (κ3) is 6.13. The van der Waals surface area contributed by atoms with E-state index in [9.17, 15) is 4.79 Å². The van der Waals surface area contributed by atoms with Gasteiger partial charge in [0, 0.05) is 38.6 Å². The van der Waals surface area contributed by atoms with E-state index in [1.54, 1.807) is 7.11 Å². The summed E-state index contributed by atoms with van der Waals surface area (Å²) >= 11 is 0.